The first-order chi connectivity index (χ1) is 8.91. The molecule has 0 bridgehead atoms. The van der Waals surface area contributed by atoms with Gasteiger partial charge < -0.3 is 15.5 Å². The van der Waals surface area contributed by atoms with Crippen LogP contribution in [-0.2, 0) is 0 Å². The number of hydrogen-bond acceptors (Lipinski definition) is 5. The predicted molar refractivity (Wildman–Crippen MR) is 70.4 cm³/mol. The highest BCUT2D eigenvalue weighted by Gasteiger charge is 2.34. The summed E-state index contributed by atoms with van der Waals surface area (Å²) in [6.45, 7) is 4.15. The van der Waals surface area contributed by atoms with Gasteiger partial charge in [0.25, 0.3) is 0 Å². The number of carboxylic acids is 1. The third-order valence-corrected chi connectivity index (χ3v) is 3.42. The number of anilines is 1. The van der Waals surface area contributed by atoms with E-state index in [1.54, 1.807) is 0 Å². The summed E-state index contributed by atoms with van der Waals surface area (Å²) in [5.41, 5.74) is -0.397. The van der Waals surface area contributed by atoms with E-state index < -0.39 is 11.6 Å². The van der Waals surface area contributed by atoms with Crippen molar-refractivity contribution in [2.24, 2.45) is 0 Å². The molecule has 0 aliphatic heterocycles. The maximum atomic E-state index is 11.2. The summed E-state index contributed by atoms with van der Waals surface area (Å²) >= 11 is 0. The van der Waals surface area contributed by atoms with Crippen molar-refractivity contribution in [2.75, 3.05) is 11.9 Å². The summed E-state index contributed by atoms with van der Waals surface area (Å²) in [5, 5.41) is 22.1. The molecular formula is C13H19N3O3. The van der Waals surface area contributed by atoms with E-state index in [-0.39, 0.29) is 11.6 Å². The van der Waals surface area contributed by atoms with Gasteiger partial charge in [0, 0.05) is 12.5 Å². The van der Waals surface area contributed by atoms with Crippen LogP contribution in [0.15, 0.2) is 6.20 Å². The molecule has 0 saturated heterocycles. The van der Waals surface area contributed by atoms with Crippen molar-refractivity contribution < 1.29 is 15.0 Å². The lowest BCUT2D eigenvalue weighted by Gasteiger charge is -2.36. The Morgan fingerprint density at radius 2 is 2.21 bits per heavy atom. The van der Waals surface area contributed by atoms with Crippen LogP contribution in [0.5, 0.6) is 0 Å². The molecule has 6 nitrogen and oxygen atoms in total. The molecule has 19 heavy (non-hydrogen) atoms. The third kappa shape index (κ3) is 3.01. The Balaban J connectivity index is 2.16. The van der Waals surface area contributed by atoms with Crippen molar-refractivity contribution in [3.8, 4) is 0 Å². The highest BCUT2D eigenvalue weighted by atomic mass is 16.4. The Labute approximate surface area is 111 Å². The standard InChI is InChI=1S/C13H19N3O3/c1-8(2)11-14-6-9(10(16-11)12(17)18)15-7-13(19)4-3-5-13/h6,8,15,19H,3-5,7H2,1-2H3,(H,17,18). The minimum Gasteiger partial charge on any atom is -0.476 e. The lowest BCUT2D eigenvalue weighted by molar-refractivity contribution is -0.0202. The van der Waals surface area contributed by atoms with Crippen molar-refractivity contribution in [1.82, 2.24) is 9.97 Å². The second-order valence-electron chi connectivity index (χ2n) is 5.38. The Kier molecular flexibility index (Phi) is 3.71. The highest BCUT2D eigenvalue weighted by molar-refractivity contribution is 5.91. The average Bonchev–Trinajstić information content (AvgIpc) is 2.33. The molecule has 2 rings (SSSR count). The molecule has 1 saturated carbocycles. The molecule has 0 spiro atoms. The van der Waals surface area contributed by atoms with Crippen LogP contribution >= 0.6 is 0 Å². The second kappa shape index (κ2) is 5.13. The van der Waals surface area contributed by atoms with Gasteiger partial charge in [0.2, 0.25) is 0 Å². The first-order valence-electron chi connectivity index (χ1n) is 6.48. The summed E-state index contributed by atoms with van der Waals surface area (Å²) in [5.74, 6) is -0.513. The molecule has 1 aliphatic rings. The molecule has 104 valence electrons. The Morgan fingerprint density at radius 3 is 2.68 bits per heavy atom. The largest absolute Gasteiger partial charge is 0.476 e. The normalized spacial score (nSPS) is 17.1. The fourth-order valence-electron chi connectivity index (χ4n) is 1.99. The number of aromatic nitrogens is 2. The molecular weight excluding hydrogens is 246 g/mol. The fraction of sp³-hybridized carbons (Fsp3) is 0.615. The SMILES string of the molecule is CC(C)c1ncc(NCC2(O)CCC2)c(C(=O)O)n1. The molecule has 0 atom stereocenters. The number of carbonyl (C=O) groups is 1. The lowest BCUT2D eigenvalue weighted by Crippen LogP contribution is -2.43. The molecule has 1 aromatic heterocycles. The molecule has 0 aromatic carbocycles. The summed E-state index contributed by atoms with van der Waals surface area (Å²) in [4.78, 5) is 19.4. The molecule has 0 radical (unpaired) electrons. The minimum atomic E-state index is -1.09. The first-order valence-corrected chi connectivity index (χ1v) is 6.48. The topological polar surface area (TPSA) is 95.3 Å². The maximum absolute atomic E-state index is 11.2. The molecule has 1 aliphatic carbocycles. The highest BCUT2D eigenvalue weighted by Crippen LogP contribution is 2.31. The average molecular weight is 265 g/mol. The third-order valence-electron chi connectivity index (χ3n) is 3.42. The van der Waals surface area contributed by atoms with Crippen LogP contribution < -0.4 is 5.32 Å². The lowest BCUT2D eigenvalue weighted by atomic mass is 9.80. The van der Waals surface area contributed by atoms with E-state index >= 15 is 0 Å². The Hall–Kier alpha value is -1.69. The van der Waals surface area contributed by atoms with Gasteiger partial charge in [-0.1, -0.05) is 13.8 Å². The number of nitrogens with one attached hydrogen (secondary N) is 1. The number of rotatable bonds is 5. The van der Waals surface area contributed by atoms with Crippen LogP contribution in [-0.4, -0.2) is 38.3 Å². The zero-order chi connectivity index (χ0) is 14.0. The van der Waals surface area contributed by atoms with Crippen LogP contribution in [0.2, 0.25) is 0 Å². The number of aliphatic hydroxyl groups is 1. The van der Waals surface area contributed by atoms with Gasteiger partial charge in [-0.15, -0.1) is 0 Å². The summed E-state index contributed by atoms with van der Waals surface area (Å²) in [6.07, 6.45) is 3.97. The number of carboxylic acid groups (broad SMARTS) is 1. The van der Waals surface area contributed by atoms with Crippen molar-refractivity contribution in [3.63, 3.8) is 0 Å². The van der Waals surface area contributed by atoms with E-state index in [9.17, 15) is 15.0 Å². The van der Waals surface area contributed by atoms with E-state index in [1.807, 2.05) is 13.8 Å². The Bertz CT molecular complexity index is 484. The number of nitrogens with zero attached hydrogens (tertiary/aromatic N) is 2. The van der Waals surface area contributed by atoms with E-state index in [2.05, 4.69) is 15.3 Å². The number of aromatic carboxylic acids is 1. The van der Waals surface area contributed by atoms with Crippen molar-refractivity contribution in [2.45, 2.75) is 44.6 Å². The number of hydrogen-bond donors (Lipinski definition) is 3. The fourth-order valence-corrected chi connectivity index (χ4v) is 1.99. The van der Waals surface area contributed by atoms with Crippen LogP contribution in [0.1, 0.15) is 55.3 Å². The van der Waals surface area contributed by atoms with E-state index in [4.69, 9.17) is 0 Å². The second-order valence-corrected chi connectivity index (χ2v) is 5.38. The van der Waals surface area contributed by atoms with Crippen molar-refractivity contribution in [1.29, 1.82) is 0 Å². The van der Waals surface area contributed by atoms with Gasteiger partial charge in [-0.3, -0.25) is 0 Å². The van der Waals surface area contributed by atoms with Gasteiger partial charge >= 0.3 is 5.97 Å². The van der Waals surface area contributed by atoms with Gasteiger partial charge in [0.1, 0.15) is 5.82 Å². The van der Waals surface area contributed by atoms with Gasteiger partial charge in [0.05, 0.1) is 17.5 Å². The van der Waals surface area contributed by atoms with Gasteiger partial charge in [-0.25, -0.2) is 14.8 Å². The zero-order valence-corrected chi connectivity index (χ0v) is 11.2. The molecule has 6 heteroatoms. The Morgan fingerprint density at radius 1 is 1.53 bits per heavy atom. The van der Waals surface area contributed by atoms with Crippen LogP contribution in [0.4, 0.5) is 5.69 Å². The minimum absolute atomic E-state index is 0.0402. The molecule has 0 unspecified atom stereocenters. The predicted octanol–water partition coefficient (Wildman–Crippen LogP) is 1.63. The molecule has 1 heterocycles. The molecule has 1 fully saturated rings. The van der Waals surface area contributed by atoms with Crippen LogP contribution in [0.25, 0.3) is 0 Å². The molecule has 1 aromatic rings. The smallest absolute Gasteiger partial charge is 0.356 e. The maximum Gasteiger partial charge on any atom is 0.356 e. The van der Waals surface area contributed by atoms with Crippen LogP contribution in [0, 0.1) is 0 Å². The van der Waals surface area contributed by atoms with Crippen molar-refractivity contribution in [3.05, 3.63) is 17.7 Å². The summed E-state index contributed by atoms with van der Waals surface area (Å²) < 4.78 is 0. The molecule has 3 N–H and O–H groups in total. The summed E-state index contributed by atoms with van der Waals surface area (Å²) in [7, 11) is 0. The quantitative estimate of drug-likeness (QED) is 0.749. The van der Waals surface area contributed by atoms with Gasteiger partial charge in [0.15, 0.2) is 5.69 Å². The molecule has 0 amide bonds. The zero-order valence-electron chi connectivity index (χ0n) is 11.2. The summed E-state index contributed by atoms with van der Waals surface area (Å²) in [6, 6.07) is 0. The monoisotopic (exact) mass is 265 g/mol. The van der Waals surface area contributed by atoms with Gasteiger partial charge in [-0.2, -0.15) is 0 Å². The van der Waals surface area contributed by atoms with E-state index in [1.165, 1.54) is 6.20 Å². The van der Waals surface area contributed by atoms with E-state index in [0.29, 0.717) is 18.1 Å². The van der Waals surface area contributed by atoms with Crippen LogP contribution in [0.3, 0.4) is 0 Å². The van der Waals surface area contributed by atoms with Gasteiger partial charge in [-0.05, 0) is 19.3 Å². The van der Waals surface area contributed by atoms with Crippen molar-refractivity contribution >= 4 is 11.7 Å². The first kappa shape index (κ1) is 13.7. The van der Waals surface area contributed by atoms with E-state index in [0.717, 1.165) is 19.3 Å².